The van der Waals surface area contributed by atoms with Gasteiger partial charge in [-0.1, -0.05) is 16.4 Å². The van der Waals surface area contributed by atoms with E-state index in [1.807, 2.05) is 0 Å². The van der Waals surface area contributed by atoms with E-state index in [0.717, 1.165) is 6.07 Å². The smallest absolute Gasteiger partial charge is 0.491 e. The summed E-state index contributed by atoms with van der Waals surface area (Å²) in [7, 11) is 0. The summed E-state index contributed by atoms with van der Waals surface area (Å²) in [5.41, 5.74) is -21.0. The van der Waals surface area contributed by atoms with Crippen LogP contribution < -0.4 is 32.8 Å². The molecule has 0 heterocycles. The normalized spacial score (nSPS) is 12.1. The van der Waals surface area contributed by atoms with Crippen LogP contribution in [0.3, 0.4) is 0 Å². The third-order valence-corrected chi connectivity index (χ3v) is 10.8. The Hall–Kier alpha value is -7.49. The maximum absolute atomic E-state index is 15.9. The van der Waals surface area contributed by atoms with Gasteiger partial charge in [-0.2, -0.15) is 0 Å². The second-order valence-electron chi connectivity index (χ2n) is 14.4. The lowest BCUT2D eigenvalue weighted by Gasteiger charge is -2.40. The zero-order chi connectivity index (χ0) is 55.3. The SMILES string of the molecule is Fc1c(F)c(F)c([B-](N=CCC#[N+][B-](c2c(F)c(F)c(F)c(F)c2F)(c2c(F)c(F)c(F)c(F)c2F)c2c(F)c(F)c(F)c(F)c2F)(c2c(F)c(F)c(F)c(F)c2F)c2c(F)c(F)c(F)c(F)c2F)c(F)c1F. The summed E-state index contributed by atoms with van der Waals surface area (Å²) in [6.45, 7) is 0. The van der Waals surface area contributed by atoms with Gasteiger partial charge in [-0.3, -0.25) is 0 Å². The van der Waals surface area contributed by atoms with Gasteiger partial charge in [0.25, 0.3) is 0 Å². The van der Waals surface area contributed by atoms with Crippen molar-refractivity contribution in [2.75, 3.05) is 0 Å². The van der Waals surface area contributed by atoms with Gasteiger partial charge >= 0.3 is 6.28 Å². The summed E-state index contributed by atoms with van der Waals surface area (Å²) in [6.07, 6.45) is -17.5. The molecule has 0 aliphatic carbocycles. The molecular weight excluding hydrogens is 1090 g/mol. The van der Waals surface area contributed by atoms with Gasteiger partial charge in [-0.25, -0.2) is 132 Å². The summed E-state index contributed by atoms with van der Waals surface area (Å²) in [5, 5.41) is 0. The summed E-state index contributed by atoms with van der Waals surface area (Å²) >= 11 is 0. The van der Waals surface area contributed by atoms with Crippen molar-refractivity contribution < 1.29 is 132 Å². The minimum atomic E-state index is -7.01. The molecule has 73 heavy (non-hydrogen) atoms. The fraction of sp³-hybridized carbons (Fsp3) is 0.0256. The van der Waals surface area contributed by atoms with E-state index in [-0.39, 0.29) is 0 Å². The van der Waals surface area contributed by atoms with Crippen molar-refractivity contribution in [1.82, 2.24) is 0 Å². The molecule has 0 bridgehead atoms. The Labute approximate surface area is 380 Å². The summed E-state index contributed by atoms with van der Waals surface area (Å²) in [5.74, 6) is -108. The number of nitrogens with zero attached hydrogens (tertiary/aromatic N) is 2. The molecule has 0 aliphatic heterocycles. The topological polar surface area (TPSA) is 16.7 Å². The van der Waals surface area contributed by atoms with Gasteiger partial charge in [0.05, 0.1) is 0 Å². The third kappa shape index (κ3) is 7.57. The van der Waals surface area contributed by atoms with Crippen LogP contribution in [0.2, 0.25) is 0 Å². The molecule has 0 saturated carbocycles. The van der Waals surface area contributed by atoms with Crippen molar-refractivity contribution in [3.8, 4) is 6.07 Å². The second-order valence-corrected chi connectivity index (χ2v) is 14.4. The first-order valence-corrected chi connectivity index (χ1v) is 18.2. The first-order valence-electron chi connectivity index (χ1n) is 18.2. The van der Waals surface area contributed by atoms with Crippen molar-refractivity contribution in [3.05, 3.63) is 179 Å². The molecule has 6 aromatic carbocycles. The first kappa shape index (κ1) is 54.8. The van der Waals surface area contributed by atoms with Crippen LogP contribution >= 0.6 is 0 Å². The van der Waals surface area contributed by atoms with E-state index >= 15 is 52.7 Å². The van der Waals surface area contributed by atoms with Crippen molar-refractivity contribution in [2.24, 2.45) is 4.90 Å². The number of benzene rings is 6. The Kier molecular flexibility index (Phi) is 14.2. The van der Waals surface area contributed by atoms with Gasteiger partial charge in [0.2, 0.25) is 12.4 Å². The number of hydrogen-bond donors (Lipinski definition) is 0. The van der Waals surface area contributed by atoms with Crippen LogP contribution in [-0.4, -0.2) is 18.8 Å². The van der Waals surface area contributed by atoms with E-state index in [0.29, 0.717) is 0 Å². The molecule has 386 valence electrons. The fourth-order valence-corrected chi connectivity index (χ4v) is 7.66. The predicted octanol–water partition coefficient (Wildman–Crippen LogP) is 9.29. The van der Waals surface area contributed by atoms with Gasteiger partial charge in [0.1, 0.15) is 76.2 Å². The van der Waals surface area contributed by atoms with Crippen LogP contribution in [0.25, 0.3) is 4.76 Å². The first-order chi connectivity index (χ1) is 33.8. The van der Waals surface area contributed by atoms with E-state index in [1.165, 1.54) is 0 Å². The molecule has 0 unspecified atom stereocenters. The maximum Gasteiger partial charge on any atom is 0.496 e. The molecule has 34 heteroatoms. The summed E-state index contributed by atoms with van der Waals surface area (Å²) < 4.78 is 457. The number of hydrogen-bond acceptors (Lipinski definition) is 1. The molecular formula is C39H3B2F30N2-. The Bertz CT molecular complexity index is 3020. The van der Waals surface area contributed by atoms with Crippen LogP contribution in [0.5, 0.6) is 0 Å². The molecule has 0 fully saturated rings. The molecule has 2 nitrogen and oxygen atoms in total. The van der Waals surface area contributed by atoms with Crippen LogP contribution in [0.4, 0.5) is 132 Å². The minimum Gasteiger partial charge on any atom is -0.491 e. The lowest BCUT2D eigenvalue weighted by atomic mass is 9.24. The van der Waals surface area contributed by atoms with Crippen molar-refractivity contribution in [1.29, 1.82) is 0 Å². The second kappa shape index (κ2) is 18.8. The zero-order valence-corrected chi connectivity index (χ0v) is 33.2. The quantitative estimate of drug-likeness (QED) is 0.0476. The lowest BCUT2D eigenvalue weighted by Crippen LogP contribution is -2.72. The molecule has 0 atom stereocenters. The van der Waals surface area contributed by atoms with E-state index in [9.17, 15) is 79.0 Å². The van der Waals surface area contributed by atoms with E-state index < -0.39 is 232 Å². The highest BCUT2D eigenvalue weighted by molar-refractivity contribution is 7.14. The zero-order valence-electron chi connectivity index (χ0n) is 33.2. The maximum atomic E-state index is 15.9. The average Bonchev–Trinajstić information content (AvgIpc) is 3.35. The number of rotatable bonds is 8. The molecule has 0 saturated heterocycles. The monoisotopic (exact) mass is 1090 g/mol. The molecule has 6 rings (SSSR count). The highest BCUT2D eigenvalue weighted by Gasteiger charge is 2.59. The summed E-state index contributed by atoms with van der Waals surface area (Å²) in [6, 6.07) is 0.767. The highest BCUT2D eigenvalue weighted by Crippen LogP contribution is 2.32. The minimum absolute atomic E-state index is 0.767. The molecule has 0 aromatic heterocycles. The Balaban J connectivity index is 1.93. The van der Waals surface area contributed by atoms with Crippen LogP contribution in [-0.2, 0) is 0 Å². The van der Waals surface area contributed by atoms with Gasteiger partial charge < -0.3 is 9.66 Å². The summed E-state index contributed by atoms with van der Waals surface area (Å²) in [4.78, 5) is 2.59. The molecule has 0 spiro atoms. The van der Waals surface area contributed by atoms with Gasteiger partial charge in [-0.15, -0.1) is 0 Å². The molecule has 0 N–H and O–H groups in total. The van der Waals surface area contributed by atoms with Crippen molar-refractivity contribution in [2.45, 2.75) is 6.42 Å². The van der Waals surface area contributed by atoms with E-state index in [1.54, 1.807) is 0 Å². The van der Waals surface area contributed by atoms with Gasteiger partial charge in [0.15, 0.2) is 105 Å². The van der Waals surface area contributed by atoms with Crippen molar-refractivity contribution >= 4 is 51.6 Å². The third-order valence-electron chi connectivity index (χ3n) is 10.8. The van der Waals surface area contributed by atoms with Gasteiger partial charge in [0, 0.05) is 0 Å². The Morgan fingerprint density at radius 1 is 0.247 bits per heavy atom. The van der Waals surface area contributed by atoms with E-state index in [4.69, 9.17) is 0 Å². The average molecular weight is 1090 g/mol. The Morgan fingerprint density at radius 3 is 0.575 bits per heavy atom. The highest BCUT2D eigenvalue weighted by atomic mass is 19.2. The molecule has 0 radical (unpaired) electrons. The van der Waals surface area contributed by atoms with E-state index in [2.05, 4.69) is 9.66 Å². The fourth-order valence-electron chi connectivity index (χ4n) is 7.66. The lowest BCUT2D eigenvalue weighted by molar-refractivity contribution is 0.379. The largest absolute Gasteiger partial charge is 0.496 e. The predicted molar refractivity (Wildman–Crippen MR) is 187 cm³/mol. The standard InChI is InChI=1S/C39H3B2F30N2/c42-10-4(11(43)23(55)34(66)22(10)54)40(5-12(44)24(56)35(67)25(57)13(5)45,6-14(46)26(58)36(68)27(59)15(6)47)72-2-1-3-73-41(7-16(48)28(60)37(69)29(61)17(7)49,8-18(50)30(62)38(70)31(63)19(8)51)9-20(52)32(64)39(71)33(65)21(9)53/h2H,1H2/q-1. The van der Waals surface area contributed by atoms with Crippen LogP contribution in [0, 0.1) is 181 Å². The van der Waals surface area contributed by atoms with Crippen LogP contribution in [0.15, 0.2) is 4.90 Å². The van der Waals surface area contributed by atoms with Crippen LogP contribution in [0.1, 0.15) is 6.42 Å². The number of halogens is 30. The molecule has 6 aromatic rings. The van der Waals surface area contributed by atoms with Crippen molar-refractivity contribution in [3.63, 3.8) is 0 Å². The Morgan fingerprint density at radius 2 is 0.397 bits per heavy atom. The molecule has 0 aliphatic rings. The molecule has 0 amide bonds. The van der Waals surface area contributed by atoms with Gasteiger partial charge in [-0.05, 0) is 22.6 Å².